The van der Waals surface area contributed by atoms with Gasteiger partial charge in [0.15, 0.2) is 5.15 Å². The molecule has 0 aliphatic carbocycles. The second-order valence-corrected chi connectivity index (χ2v) is 10.5. The van der Waals surface area contributed by atoms with Gasteiger partial charge in [-0.05, 0) is 45.1 Å². The van der Waals surface area contributed by atoms with Crippen molar-refractivity contribution >= 4 is 40.7 Å². The SMILES string of the molecule is COC[C@H]1C[C@@H](C(=O)Nc2cc(-c3nc(NCC4CCOC(C)(C)C4)cnc3Cl)c(Cl)cn2)CN1. The van der Waals surface area contributed by atoms with Crippen molar-refractivity contribution in [3.8, 4) is 11.3 Å². The number of hydrogen-bond donors (Lipinski definition) is 3. The molecule has 1 amide bonds. The molecule has 2 aromatic rings. The zero-order valence-electron chi connectivity index (χ0n) is 20.2. The lowest BCUT2D eigenvalue weighted by Crippen LogP contribution is -2.36. The Bertz CT molecular complexity index is 1050. The van der Waals surface area contributed by atoms with Crippen LogP contribution in [0.5, 0.6) is 0 Å². The molecule has 11 heteroatoms. The minimum atomic E-state index is -0.165. The number of ether oxygens (including phenoxy) is 2. The fraction of sp³-hybridized carbons (Fsp3) is 0.583. The van der Waals surface area contributed by atoms with Crippen molar-refractivity contribution in [2.24, 2.45) is 11.8 Å². The quantitative estimate of drug-likeness (QED) is 0.476. The van der Waals surface area contributed by atoms with Crippen LogP contribution in [-0.4, -0.2) is 65.9 Å². The number of rotatable bonds is 8. The van der Waals surface area contributed by atoms with Crippen molar-refractivity contribution in [2.75, 3.05) is 44.0 Å². The molecule has 2 aromatic heterocycles. The van der Waals surface area contributed by atoms with E-state index >= 15 is 0 Å². The molecule has 2 fully saturated rings. The van der Waals surface area contributed by atoms with Crippen LogP contribution in [0.15, 0.2) is 18.5 Å². The van der Waals surface area contributed by atoms with Crippen LogP contribution in [0.2, 0.25) is 10.2 Å². The molecule has 2 aliphatic heterocycles. The summed E-state index contributed by atoms with van der Waals surface area (Å²) >= 11 is 12.8. The van der Waals surface area contributed by atoms with Gasteiger partial charge in [0.2, 0.25) is 5.91 Å². The average Bonchev–Trinajstić information content (AvgIpc) is 3.28. The first-order valence-electron chi connectivity index (χ1n) is 11.8. The summed E-state index contributed by atoms with van der Waals surface area (Å²) < 4.78 is 11.0. The van der Waals surface area contributed by atoms with Crippen molar-refractivity contribution in [1.82, 2.24) is 20.3 Å². The Labute approximate surface area is 215 Å². The molecule has 9 nitrogen and oxygen atoms in total. The van der Waals surface area contributed by atoms with Crippen LogP contribution >= 0.6 is 23.2 Å². The van der Waals surface area contributed by atoms with Crippen LogP contribution in [0, 0.1) is 11.8 Å². The molecule has 1 unspecified atom stereocenters. The number of carbonyl (C=O) groups excluding carboxylic acids is 1. The van der Waals surface area contributed by atoms with Gasteiger partial charge in [-0.3, -0.25) is 4.79 Å². The number of carbonyl (C=O) groups is 1. The van der Waals surface area contributed by atoms with Crippen molar-refractivity contribution in [1.29, 1.82) is 0 Å². The topological polar surface area (TPSA) is 110 Å². The molecule has 190 valence electrons. The number of pyridine rings is 1. The number of halogens is 2. The van der Waals surface area contributed by atoms with Crippen LogP contribution < -0.4 is 16.0 Å². The third-order valence-electron chi connectivity index (χ3n) is 6.42. The number of nitrogens with zero attached hydrogens (tertiary/aromatic N) is 3. The van der Waals surface area contributed by atoms with Gasteiger partial charge in [0.1, 0.15) is 17.3 Å². The summed E-state index contributed by atoms with van der Waals surface area (Å²) in [6.07, 6.45) is 5.75. The van der Waals surface area contributed by atoms with Crippen molar-refractivity contribution < 1.29 is 14.3 Å². The fourth-order valence-corrected chi connectivity index (χ4v) is 5.06. The molecule has 4 heterocycles. The van der Waals surface area contributed by atoms with Crippen molar-refractivity contribution in [3.63, 3.8) is 0 Å². The molecule has 3 atom stereocenters. The Kier molecular flexibility index (Phi) is 8.44. The van der Waals surface area contributed by atoms with Gasteiger partial charge in [0, 0.05) is 44.6 Å². The molecule has 2 aliphatic rings. The summed E-state index contributed by atoms with van der Waals surface area (Å²) in [5.41, 5.74) is 0.855. The lowest BCUT2D eigenvalue weighted by molar-refractivity contribution is -0.119. The number of amides is 1. The van der Waals surface area contributed by atoms with Gasteiger partial charge in [-0.1, -0.05) is 23.2 Å². The van der Waals surface area contributed by atoms with Crippen LogP contribution in [0.25, 0.3) is 11.3 Å². The molecular weight excluding hydrogens is 491 g/mol. The number of aromatic nitrogens is 3. The van der Waals surface area contributed by atoms with E-state index < -0.39 is 0 Å². The molecule has 4 rings (SSSR count). The van der Waals surface area contributed by atoms with Crippen LogP contribution in [-0.2, 0) is 14.3 Å². The Morgan fingerprint density at radius 1 is 1.29 bits per heavy atom. The summed E-state index contributed by atoms with van der Waals surface area (Å²) in [5.74, 6) is 1.18. The minimum Gasteiger partial charge on any atom is -0.383 e. The van der Waals surface area contributed by atoms with Gasteiger partial charge in [0.05, 0.1) is 29.3 Å². The Morgan fingerprint density at radius 2 is 2.11 bits per heavy atom. The first kappa shape index (κ1) is 26.0. The largest absolute Gasteiger partial charge is 0.383 e. The van der Waals surface area contributed by atoms with E-state index in [1.807, 2.05) is 0 Å². The van der Waals surface area contributed by atoms with Crippen molar-refractivity contribution in [2.45, 2.75) is 44.8 Å². The molecule has 0 bridgehead atoms. The van der Waals surface area contributed by atoms with E-state index in [-0.39, 0.29) is 28.6 Å². The number of methoxy groups -OCH3 is 1. The lowest BCUT2D eigenvalue weighted by atomic mass is 9.88. The fourth-order valence-electron chi connectivity index (χ4n) is 4.68. The first-order valence-corrected chi connectivity index (χ1v) is 12.6. The van der Waals surface area contributed by atoms with E-state index in [0.29, 0.717) is 53.4 Å². The highest BCUT2D eigenvalue weighted by Gasteiger charge is 2.30. The second-order valence-electron chi connectivity index (χ2n) is 9.77. The molecule has 35 heavy (non-hydrogen) atoms. The van der Waals surface area contributed by atoms with E-state index in [4.69, 9.17) is 32.7 Å². The van der Waals surface area contributed by atoms with Crippen LogP contribution in [0.1, 0.15) is 33.1 Å². The van der Waals surface area contributed by atoms with E-state index in [9.17, 15) is 4.79 Å². The van der Waals surface area contributed by atoms with Gasteiger partial charge in [0.25, 0.3) is 0 Å². The Morgan fingerprint density at radius 3 is 2.89 bits per heavy atom. The monoisotopic (exact) mass is 522 g/mol. The van der Waals surface area contributed by atoms with Gasteiger partial charge in [-0.25, -0.2) is 15.0 Å². The maximum absolute atomic E-state index is 12.8. The first-order chi connectivity index (χ1) is 16.7. The highest BCUT2D eigenvalue weighted by Crippen LogP contribution is 2.33. The van der Waals surface area contributed by atoms with E-state index in [1.165, 1.54) is 6.20 Å². The van der Waals surface area contributed by atoms with E-state index in [0.717, 1.165) is 26.0 Å². The third kappa shape index (κ3) is 6.80. The van der Waals surface area contributed by atoms with Crippen LogP contribution in [0.4, 0.5) is 11.6 Å². The highest BCUT2D eigenvalue weighted by molar-refractivity contribution is 6.35. The summed E-state index contributed by atoms with van der Waals surface area (Å²) in [5, 5.41) is 10.1. The predicted octanol–water partition coefficient (Wildman–Crippen LogP) is 4.03. The van der Waals surface area contributed by atoms with Crippen molar-refractivity contribution in [3.05, 3.63) is 28.6 Å². The zero-order valence-corrected chi connectivity index (χ0v) is 21.7. The Hall–Kier alpha value is -2.04. The second kappa shape index (κ2) is 11.3. The zero-order chi connectivity index (χ0) is 25.0. The Balaban J connectivity index is 1.45. The molecule has 0 spiro atoms. The lowest BCUT2D eigenvalue weighted by Gasteiger charge is -2.35. The maximum Gasteiger partial charge on any atom is 0.229 e. The summed E-state index contributed by atoms with van der Waals surface area (Å²) in [4.78, 5) is 26.0. The molecule has 2 saturated heterocycles. The number of anilines is 2. The minimum absolute atomic E-state index is 0.108. The molecule has 0 aromatic carbocycles. The average molecular weight is 523 g/mol. The summed E-state index contributed by atoms with van der Waals surface area (Å²) in [6.45, 7) is 6.90. The summed E-state index contributed by atoms with van der Waals surface area (Å²) in [7, 11) is 1.65. The molecule has 0 radical (unpaired) electrons. The molecule has 0 saturated carbocycles. The highest BCUT2D eigenvalue weighted by atomic mass is 35.5. The van der Waals surface area contributed by atoms with E-state index in [1.54, 1.807) is 19.4 Å². The smallest absolute Gasteiger partial charge is 0.229 e. The molecule has 3 N–H and O–H groups in total. The summed E-state index contributed by atoms with van der Waals surface area (Å²) in [6, 6.07) is 1.84. The maximum atomic E-state index is 12.8. The normalized spacial score (nSPS) is 23.7. The van der Waals surface area contributed by atoms with Gasteiger partial charge >= 0.3 is 0 Å². The van der Waals surface area contributed by atoms with Crippen LogP contribution in [0.3, 0.4) is 0 Å². The molecular formula is C24H32Cl2N6O3. The predicted molar refractivity (Wildman–Crippen MR) is 137 cm³/mol. The van der Waals surface area contributed by atoms with Gasteiger partial charge < -0.3 is 25.4 Å². The number of hydrogen-bond acceptors (Lipinski definition) is 8. The van der Waals surface area contributed by atoms with Gasteiger partial charge in [-0.15, -0.1) is 0 Å². The van der Waals surface area contributed by atoms with Gasteiger partial charge in [-0.2, -0.15) is 0 Å². The third-order valence-corrected chi connectivity index (χ3v) is 7.00. The van der Waals surface area contributed by atoms with E-state index in [2.05, 4.69) is 44.7 Å². The number of nitrogens with one attached hydrogen (secondary N) is 3. The standard InChI is InChI=1S/C24H32Cl2N6O3/c1-24(2)8-14(4-5-35-24)9-28-20-12-30-22(26)21(31-20)17-7-19(29-11-18(17)25)32-23(33)15-6-16(13-34-3)27-10-15/h7,11-12,14-16,27H,4-6,8-10,13H2,1-3H3,(H,28,31)(H,29,32,33)/t14?,15-,16-/m1/s1.